The minimum absolute atomic E-state index is 0.230. The Kier molecular flexibility index (Phi) is 5.50. The number of hydrogen-bond acceptors (Lipinski definition) is 5. The number of thiophene rings is 1. The molecule has 7 nitrogen and oxygen atoms in total. The van der Waals surface area contributed by atoms with Gasteiger partial charge in [-0.15, -0.1) is 11.3 Å². The Morgan fingerprint density at radius 1 is 1.00 bits per heavy atom. The molecule has 2 aliphatic rings. The van der Waals surface area contributed by atoms with Gasteiger partial charge in [-0.2, -0.15) is 0 Å². The van der Waals surface area contributed by atoms with Crippen molar-refractivity contribution in [2.75, 3.05) is 10.6 Å². The lowest BCUT2D eigenvalue weighted by molar-refractivity contribution is -0.146. The van der Waals surface area contributed by atoms with Crippen LogP contribution >= 0.6 is 11.3 Å². The second-order valence-corrected chi connectivity index (χ2v) is 8.33. The average molecular weight is 423 g/mol. The molecule has 1 aromatic heterocycles. The molecule has 3 atom stereocenters. The van der Waals surface area contributed by atoms with Crippen molar-refractivity contribution in [1.29, 1.82) is 0 Å². The maximum Gasteiger partial charge on any atom is 0.265 e. The number of hydrogen-bond donors (Lipinski definition) is 2. The van der Waals surface area contributed by atoms with Gasteiger partial charge in [-0.25, -0.2) is 0 Å². The number of imide groups is 1. The van der Waals surface area contributed by atoms with Crippen LogP contribution < -0.4 is 10.6 Å². The molecule has 0 unspecified atom stereocenters. The highest BCUT2D eigenvalue weighted by atomic mass is 32.1. The van der Waals surface area contributed by atoms with Gasteiger partial charge in [-0.3, -0.25) is 24.1 Å². The molecule has 2 heterocycles. The molecule has 1 aromatic carbocycles. The number of allylic oxidation sites excluding steroid dienone is 2. The van der Waals surface area contributed by atoms with Crippen LogP contribution in [0.25, 0.3) is 0 Å². The highest BCUT2D eigenvalue weighted by molar-refractivity contribution is 7.12. The largest absolute Gasteiger partial charge is 0.324 e. The van der Waals surface area contributed by atoms with Gasteiger partial charge in [0.15, 0.2) is 0 Å². The Balaban J connectivity index is 1.43. The van der Waals surface area contributed by atoms with E-state index in [2.05, 4.69) is 10.6 Å². The molecule has 1 fully saturated rings. The molecule has 8 heteroatoms. The molecule has 1 aliphatic heterocycles. The van der Waals surface area contributed by atoms with E-state index in [1.807, 2.05) is 17.5 Å². The zero-order valence-corrected chi connectivity index (χ0v) is 17.1. The summed E-state index contributed by atoms with van der Waals surface area (Å²) < 4.78 is 0. The fraction of sp³-hybridized carbons (Fsp3) is 0.273. The molecule has 0 bridgehead atoms. The van der Waals surface area contributed by atoms with Crippen LogP contribution in [0.15, 0.2) is 53.9 Å². The molecule has 1 aliphatic carbocycles. The summed E-state index contributed by atoms with van der Waals surface area (Å²) in [6.45, 7) is 1.55. The Labute approximate surface area is 177 Å². The lowest BCUT2D eigenvalue weighted by Gasteiger charge is -2.22. The van der Waals surface area contributed by atoms with Crippen LogP contribution in [0.2, 0.25) is 0 Å². The van der Waals surface area contributed by atoms with Gasteiger partial charge >= 0.3 is 0 Å². The second-order valence-electron chi connectivity index (χ2n) is 7.38. The fourth-order valence-corrected chi connectivity index (χ4v) is 4.47. The molecule has 0 spiro atoms. The first-order valence-corrected chi connectivity index (χ1v) is 10.6. The van der Waals surface area contributed by atoms with E-state index >= 15 is 0 Å². The van der Waals surface area contributed by atoms with Gasteiger partial charge in [-0.1, -0.05) is 24.3 Å². The number of benzene rings is 1. The highest BCUT2D eigenvalue weighted by Crippen LogP contribution is 2.36. The summed E-state index contributed by atoms with van der Waals surface area (Å²) in [5.41, 5.74) is 0.998. The van der Waals surface area contributed by atoms with E-state index in [0.717, 1.165) is 4.90 Å². The first-order valence-electron chi connectivity index (χ1n) is 9.73. The number of amides is 4. The molecule has 1 saturated heterocycles. The number of nitrogens with one attached hydrogen (secondary N) is 2. The van der Waals surface area contributed by atoms with E-state index in [1.54, 1.807) is 43.3 Å². The summed E-state index contributed by atoms with van der Waals surface area (Å²) in [7, 11) is 0. The van der Waals surface area contributed by atoms with E-state index in [4.69, 9.17) is 0 Å². The van der Waals surface area contributed by atoms with Gasteiger partial charge in [0.05, 0.1) is 16.7 Å². The van der Waals surface area contributed by atoms with Crippen LogP contribution in [0.1, 0.15) is 29.4 Å². The van der Waals surface area contributed by atoms with Gasteiger partial charge in [0.1, 0.15) is 6.04 Å². The Morgan fingerprint density at radius 2 is 1.63 bits per heavy atom. The number of fused-ring (bicyclic) bond motifs is 1. The van der Waals surface area contributed by atoms with Crippen molar-refractivity contribution >= 4 is 46.3 Å². The molecule has 2 aromatic rings. The van der Waals surface area contributed by atoms with Crippen LogP contribution in [0.3, 0.4) is 0 Å². The number of rotatable bonds is 5. The van der Waals surface area contributed by atoms with Crippen molar-refractivity contribution in [3.63, 3.8) is 0 Å². The minimum atomic E-state index is -0.917. The molecule has 0 radical (unpaired) electrons. The molecular weight excluding hydrogens is 402 g/mol. The minimum Gasteiger partial charge on any atom is -0.324 e. The third kappa shape index (κ3) is 3.78. The zero-order chi connectivity index (χ0) is 21.3. The number of carbonyl (C=O) groups excluding carboxylic acids is 4. The lowest BCUT2D eigenvalue weighted by Crippen LogP contribution is -2.46. The number of anilines is 2. The van der Waals surface area contributed by atoms with Gasteiger partial charge in [0.2, 0.25) is 17.7 Å². The van der Waals surface area contributed by atoms with Crippen LogP contribution in [-0.4, -0.2) is 34.6 Å². The van der Waals surface area contributed by atoms with Crippen molar-refractivity contribution in [3.05, 3.63) is 58.8 Å². The van der Waals surface area contributed by atoms with E-state index in [-0.39, 0.29) is 29.6 Å². The second kappa shape index (κ2) is 8.23. The van der Waals surface area contributed by atoms with Gasteiger partial charge in [-0.05, 0) is 49.4 Å². The van der Waals surface area contributed by atoms with Crippen LogP contribution in [0.5, 0.6) is 0 Å². The van der Waals surface area contributed by atoms with Crippen molar-refractivity contribution in [2.24, 2.45) is 11.8 Å². The predicted molar refractivity (Wildman–Crippen MR) is 114 cm³/mol. The van der Waals surface area contributed by atoms with Crippen LogP contribution in [-0.2, 0) is 14.4 Å². The first-order chi connectivity index (χ1) is 14.5. The molecule has 2 N–H and O–H groups in total. The van der Waals surface area contributed by atoms with Crippen molar-refractivity contribution in [1.82, 2.24) is 4.90 Å². The zero-order valence-electron chi connectivity index (χ0n) is 16.3. The lowest BCUT2D eigenvalue weighted by atomic mass is 9.85. The number of carbonyl (C=O) groups is 4. The Hall–Kier alpha value is -3.26. The third-order valence-corrected chi connectivity index (χ3v) is 6.31. The maximum absolute atomic E-state index is 12.8. The maximum atomic E-state index is 12.8. The van der Waals surface area contributed by atoms with Gasteiger partial charge in [0, 0.05) is 11.4 Å². The van der Waals surface area contributed by atoms with E-state index in [9.17, 15) is 19.2 Å². The fourth-order valence-electron chi connectivity index (χ4n) is 3.85. The predicted octanol–water partition coefficient (Wildman–Crippen LogP) is 3.28. The molecule has 0 saturated carbocycles. The summed E-state index contributed by atoms with van der Waals surface area (Å²) in [5, 5.41) is 7.34. The van der Waals surface area contributed by atoms with Crippen molar-refractivity contribution in [2.45, 2.75) is 25.8 Å². The SMILES string of the molecule is C[C@H](C(=O)Nc1cccc(NC(=O)c2cccs2)c1)N1C(=O)[C@H]2CC=CC[C@H]2C1=O. The number of nitrogens with zero attached hydrogens (tertiary/aromatic N) is 1. The third-order valence-electron chi connectivity index (χ3n) is 5.44. The molecule has 4 rings (SSSR count). The van der Waals surface area contributed by atoms with Crippen molar-refractivity contribution in [3.8, 4) is 0 Å². The van der Waals surface area contributed by atoms with Gasteiger partial charge < -0.3 is 10.6 Å². The number of likely N-dealkylation sites (tertiary alicyclic amines) is 1. The van der Waals surface area contributed by atoms with E-state index in [0.29, 0.717) is 29.1 Å². The topological polar surface area (TPSA) is 95.6 Å². The summed E-state index contributed by atoms with van der Waals surface area (Å²) in [4.78, 5) is 52.0. The Bertz CT molecular complexity index is 1000. The molecule has 4 amide bonds. The smallest absolute Gasteiger partial charge is 0.265 e. The van der Waals surface area contributed by atoms with Gasteiger partial charge in [0.25, 0.3) is 5.91 Å². The average Bonchev–Trinajstić information content (AvgIpc) is 3.36. The van der Waals surface area contributed by atoms with E-state index < -0.39 is 11.9 Å². The summed E-state index contributed by atoms with van der Waals surface area (Å²) in [5.74, 6) is -1.98. The highest BCUT2D eigenvalue weighted by Gasteiger charge is 2.50. The molecule has 30 heavy (non-hydrogen) atoms. The monoisotopic (exact) mass is 423 g/mol. The van der Waals surface area contributed by atoms with Crippen LogP contribution in [0.4, 0.5) is 11.4 Å². The molecular formula is C22H21N3O4S. The van der Waals surface area contributed by atoms with E-state index in [1.165, 1.54) is 11.3 Å². The Morgan fingerprint density at radius 3 is 2.23 bits per heavy atom. The first kappa shape index (κ1) is 20.0. The summed E-state index contributed by atoms with van der Waals surface area (Å²) in [6.07, 6.45) is 4.89. The van der Waals surface area contributed by atoms with Crippen molar-refractivity contribution < 1.29 is 19.2 Å². The standard InChI is InChI=1S/C22H21N3O4S/c1-13(25-21(28)16-8-2-3-9-17(16)22(25)29)19(26)23-14-6-4-7-15(12-14)24-20(27)18-10-5-11-30-18/h2-7,10-13,16-17H,8-9H2,1H3,(H,23,26)(H,24,27)/t13-,16-,17+/m1/s1. The van der Waals surface area contributed by atoms with Crippen LogP contribution in [0, 0.1) is 11.8 Å². The quantitative estimate of drug-likeness (QED) is 0.570. The normalized spacial score (nSPS) is 21.3. The summed E-state index contributed by atoms with van der Waals surface area (Å²) in [6, 6.07) is 9.35. The molecule has 154 valence electrons. The summed E-state index contributed by atoms with van der Waals surface area (Å²) >= 11 is 1.34.